The predicted octanol–water partition coefficient (Wildman–Crippen LogP) is 5.08. The third-order valence-electron chi connectivity index (χ3n) is 4.34. The number of fused-ring (bicyclic) bond motifs is 1. The van der Waals surface area contributed by atoms with E-state index in [1.165, 1.54) is 28.3 Å². The fourth-order valence-corrected chi connectivity index (χ4v) is 4.53. The van der Waals surface area contributed by atoms with Gasteiger partial charge in [0.15, 0.2) is 0 Å². The Morgan fingerprint density at radius 2 is 1.87 bits per heavy atom. The van der Waals surface area contributed by atoms with Gasteiger partial charge in [-0.05, 0) is 17.7 Å². The average molecular weight is 444 g/mol. The normalized spacial score (nSPS) is 11.2. The SMILES string of the molecule is O=C(Cn1cnc2scc(-c3ccccc3)c2c1=O)Nc1ccccc1SC(F)F. The number of rotatable bonds is 6. The van der Waals surface area contributed by atoms with E-state index < -0.39 is 11.7 Å². The number of nitrogens with one attached hydrogen (secondary N) is 1. The van der Waals surface area contributed by atoms with Gasteiger partial charge in [0.1, 0.15) is 11.4 Å². The molecule has 0 aliphatic carbocycles. The summed E-state index contributed by atoms with van der Waals surface area (Å²) in [4.78, 5) is 30.7. The maximum absolute atomic E-state index is 13.0. The highest BCUT2D eigenvalue weighted by atomic mass is 32.2. The van der Waals surface area contributed by atoms with Crippen molar-refractivity contribution in [3.05, 3.63) is 76.7 Å². The van der Waals surface area contributed by atoms with Crippen LogP contribution in [0.15, 0.2) is 76.0 Å². The Balaban J connectivity index is 1.61. The van der Waals surface area contributed by atoms with E-state index in [-0.39, 0.29) is 22.7 Å². The summed E-state index contributed by atoms with van der Waals surface area (Å²) in [6.07, 6.45) is 1.33. The number of alkyl halides is 2. The van der Waals surface area contributed by atoms with Crippen LogP contribution in [-0.4, -0.2) is 21.2 Å². The van der Waals surface area contributed by atoms with Gasteiger partial charge in [-0.25, -0.2) is 4.98 Å². The second-order valence-electron chi connectivity index (χ2n) is 6.30. The molecule has 9 heteroatoms. The van der Waals surface area contributed by atoms with Crippen molar-refractivity contribution in [1.29, 1.82) is 0 Å². The third kappa shape index (κ3) is 4.27. The van der Waals surface area contributed by atoms with E-state index in [1.54, 1.807) is 18.2 Å². The molecule has 1 N–H and O–H groups in total. The summed E-state index contributed by atoms with van der Waals surface area (Å²) in [6, 6.07) is 15.8. The van der Waals surface area contributed by atoms with Gasteiger partial charge in [0, 0.05) is 15.8 Å². The van der Waals surface area contributed by atoms with E-state index in [0.717, 1.165) is 11.1 Å². The highest BCUT2D eigenvalue weighted by Gasteiger charge is 2.16. The van der Waals surface area contributed by atoms with Crippen LogP contribution in [0.5, 0.6) is 0 Å². The molecule has 0 aliphatic heterocycles. The van der Waals surface area contributed by atoms with Gasteiger partial charge >= 0.3 is 0 Å². The first-order valence-corrected chi connectivity index (χ1v) is 10.6. The van der Waals surface area contributed by atoms with Crippen LogP contribution >= 0.6 is 23.1 Å². The predicted molar refractivity (Wildman–Crippen MR) is 116 cm³/mol. The number of anilines is 1. The van der Waals surface area contributed by atoms with Crippen molar-refractivity contribution in [3.8, 4) is 11.1 Å². The first-order valence-electron chi connectivity index (χ1n) is 8.88. The van der Waals surface area contributed by atoms with E-state index >= 15 is 0 Å². The van der Waals surface area contributed by atoms with E-state index in [0.29, 0.717) is 22.0 Å². The number of hydrogen-bond donors (Lipinski definition) is 1. The van der Waals surface area contributed by atoms with Gasteiger partial charge in [0.05, 0.1) is 17.4 Å². The van der Waals surface area contributed by atoms with E-state index in [9.17, 15) is 18.4 Å². The molecule has 152 valence electrons. The molecule has 5 nitrogen and oxygen atoms in total. The summed E-state index contributed by atoms with van der Waals surface area (Å²) in [6.45, 7) is -0.278. The minimum absolute atomic E-state index is 0.256. The number of nitrogens with zero attached hydrogens (tertiary/aromatic N) is 2. The smallest absolute Gasteiger partial charge is 0.288 e. The number of thioether (sulfide) groups is 1. The topological polar surface area (TPSA) is 64.0 Å². The maximum Gasteiger partial charge on any atom is 0.288 e. The number of thiophene rings is 1. The van der Waals surface area contributed by atoms with Crippen molar-refractivity contribution in [2.24, 2.45) is 0 Å². The number of benzene rings is 2. The molecule has 30 heavy (non-hydrogen) atoms. The molecular weight excluding hydrogens is 428 g/mol. The highest BCUT2D eigenvalue weighted by Crippen LogP contribution is 2.32. The summed E-state index contributed by atoms with van der Waals surface area (Å²) in [7, 11) is 0. The van der Waals surface area contributed by atoms with Crippen molar-refractivity contribution < 1.29 is 13.6 Å². The number of carbonyl (C=O) groups is 1. The zero-order valence-corrected chi connectivity index (χ0v) is 17.1. The largest absolute Gasteiger partial charge is 0.324 e. The summed E-state index contributed by atoms with van der Waals surface area (Å²) in [5, 5.41) is 4.93. The van der Waals surface area contributed by atoms with Crippen molar-refractivity contribution >= 4 is 44.9 Å². The Morgan fingerprint density at radius 1 is 1.13 bits per heavy atom. The Labute approximate surface area is 178 Å². The first-order chi connectivity index (χ1) is 14.5. The van der Waals surface area contributed by atoms with E-state index in [1.807, 2.05) is 35.7 Å². The molecule has 4 rings (SSSR count). The standard InChI is InChI=1S/C21H15F2N3O2S2/c22-21(23)30-16-9-5-4-8-15(16)25-17(27)10-26-12-24-19-18(20(26)28)14(11-29-19)13-6-2-1-3-7-13/h1-9,11-12,21H,10H2,(H,25,27). The molecule has 0 bridgehead atoms. The second kappa shape index (κ2) is 8.76. The summed E-state index contributed by atoms with van der Waals surface area (Å²) < 4.78 is 26.7. The van der Waals surface area contributed by atoms with Gasteiger partial charge in [-0.2, -0.15) is 8.78 Å². The zero-order chi connectivity index (χ0) is 21.1. The molecule has 0 saturated carbocycles. The summed E-state index contributed by atoms with van der Waals surface area (Å²) in [5.41, 5.74) is 1.60. The van der Waals surface area contributed by atoms with Gasteiger partial charge in [-0.1, -0.05) is 54.2 Å². The molecule has 0 aliphatic rings. The zero-order valence-electron chi connectivity index (χ0n) is 15.4. The van der Waals surface area contributed by atoms with Crippen LogP contribution in [0.1, 0.15) is 0 Å². The molecule has 0 radical (unpaired) electrons. The molecule has 2 aromatic carbocycles. The quantitative estimate of drug-likeness (QED) is 0.422. The minimum atomic E-state index is -2.60. The third-order valence-corrected chi connectivity index (χ3v) is 6.01. The molecular formula is C21H15F2N3O2S2. The second-order valence-corrected chi connectivity index (χ2v) is 8.19. The summed E-state index contributed by atoms with van der Waals surface area (Å²) in [5.74, 6) is -3.11. The Hall–Kier alpha value is -3.04. The number of para-hydroxylation sites is 1. The van der Waals surface area contributed by atoms with Gasteiger partial charge in [-0.3, -0.25) is 14.2 Å². The number of amides is 1. The van der Waals surface area contributed by atoms with Crippen molar-refractivity contribution in [2.45, 2.75) is 17.2 Å². The number of hydrogen-bond acceptors (Lipinski definition) is 5. The van der Waals surface area contributed by atoms with Crippen LogP contribution in [0.4, 0.5) is 14.5 Å². The van der Waals surface area contributed by atoms with Gasteiger partial charge in [0.2, 0.25) is 5.91 Å². The van der Waals surface area contributed by atoms with E-state index in [2.05, 4.69) is 10.3 Å². The Kier molecular flexibility index (Phi) is 5.91. The lowest BCUT2D eigenvalue weighted by atomic mass is 10.1. The van der Waals surface area contributed by atoms with Crippen molar-refractivity contribution in [2.75, 3.05) is 5.32 Å². The molecule has 0 unspecified atom stereocenters. The fraction of sp³-hybridized carbons (Fsp3) is 0.0952. The van der Waals surface area contributed by atoms with Crippen LogP contribution in [0.2, 0.25) is 0 Å². The Morgan fingerprint density at radius 3 is 2.63 bits per heavy atom. The van der Waals surface area contributed by atoms with E-state index in [4.69, 9.17) is 0 Å². The summed E-state index contributed by atoms with van der Waals surface area (Å²) >= 11 is 1.71. The molecule has 1 amide bonds. The molecule has 2 heterocycles. The number of halogens is 2. The lowest BCUT2D eigenvalue weighted by Crippen LogP contribution is -2.28. The highest BCUT2D eigenvalue weighted by molar-refractivity contribution is 7.99. The van der Waals surface area contributed by atoms with Crippen LogP contribution in [-0.2, 0) is 11.3 Å². The number of aromatic nitrogens is 2. The van der Waals surface area contributed by atoms with Crippen LogP contribution in [0, 0.1) is 0 Å². The van der Waals surface area contributed by atoms with Crippen LogP contribution < -0.4 is 10.9 Å². The Bertz CT molecular complexity index is 1260. The van der Waals surface area contributed by atoms with Crippen LogP contribution in [0.25, 0.3) is 21.3 Å². The molecule has 0 saturated heterocycles. The molecule has 4 aromatic rings. The first kappa shape index (κ1) is 20.2. The van der Waals surface area contributed by atoms with Crippen LogP contribution in [0.3, 0.4) is 0 Å². The molecule has 0 fully saturated rings. The molecule has 2 aromatic heterocycles. The molecule has 0 spiro atoms. The maximum atomic E-state index is 13.0. The minimum Gasteiger partial charge on any atom is -0.324 e. The molecule has 0 atom stereocenters. The lowest BCUT2D eigenvalue weighted by molar-refractivity contribution is -0.116. The number of carbonyl (C=O) groups excluding carboxylic acids is 1. The lowest BCUT2D eigenvalue weighted by Gasteiger charge is -2.11. The van der Waals surface area contributed by atoms with Gasteiger partial charge in [-0.15, -0.1) is 11.3 Å². The average Bonchev–Trinajstić information content (AvgIpc) is 3.17. The van der Waals surface area contributed by atoms with Crippen molar-refractivity contribution in [3.63, 3.8) is 0 Å². The van der Waals surface area contributed by atoms with Crippen molar-refractivity contribution in [1.82, 2.24) is 9.55 Å². The monoisotopic (exact) mass is 443 g/mol. The fourth-order valence-electron chi connectivity index (χ4n) is 3.02. The van der Waals surface area contributed by atoms with Gasteiger partial charge in [0.25, 0.3) is 11.3 Å². The van der Waals surface area contributed by atoms with Gasteiger partial charge < -0.3 is 5.32 Å².